The summed E-state index contributed by atoms with van der Waals surface area (Å²) in [5, 5.41) is 21.7. The van der Waals surface area contributed by atoms with Crippen LogP contribution in [0.25, 0.3) is 11.3 Å². The lowest BCUT2D eigenvalue weighted by Crippen LogP contribution is -2.54. The first-order valence-electron chi connectivity index (χ1n) is 13.3. The van der Waals surface area contributed by atoms with Crippen molar-refractivity contribution in [3.63, 3.8) is 0 Å². The predicted octanol–water partition coefficient (Wildman–Crippen LogP) is 4.39. The molecule has 3 aromatic rings. The van der Waals surface area contributed by atoms with Crippen molar-refractivity contribution in [3.05, 3.63) is 65.5 Å². The van der Waals surface area contributed by atoms with Gasteiger partial charge < -0.3 is 19.9 Å². The molecule has 1 aliphatic heterocycles. The molecule has 3 heterocycles. The minimum atomic E-state index is -4.54. The molecule has 12 heteroatoms. The number of carbonyl (C=O) groups is 1. The summed E-state index contributed by atoms with van der Waals surface area (Å²) in [4.78, 5) is 21.1. The Hall–Kier alpha value is -4.24. The van der Waals surface area contributed by atoms with E-state index >= 15 is 0 Å². The maximum atomic E-state index is 13.2. The maximum Gasteiger partial charge on any atom is 0.416 e. The summed E-state index contributed by atoms with van der Waals surface area (Å²) < 4.78 is 45.3. The van der Waals surface area contributed by atoms with E-state index in [1.807, 2.05) is 55.1 Å². The highest BCUT2D eigenvalue weighted by Gasteiger charge is 2.40. The molecule has 0 aliphatic carbocycles. The molecule has 0 atom stereocenters. The highest BCUT2D eigenvalue weighted by Crippen LogP contribution is 2.37. The number of piperidine rings is 1. The van der Waals surface area contributed by atoms with Gasteiger partial charge in [0, 0.05) is 32.3 Å². The molecule has 1 N–H and O–H groups in total. The van der Waals surface area contributed by atoms with Crippen LogP contribution in [0, 0.1) is 11.3 Å². The molecule has 4 rings (SSSR count). The number of benzene rings is 1. The van der Waals surface area contributed by atoms with E-state index < -0.39 is 17.3 Å². The molecule has 9 nitrogen and oxygen atoms in total. The van der Waals surface area contributed by atoms with E-state index in [-0.39, 0.29) is 17.9 Å². The number of alkyl halides is 3. The average molecular weight is 568 g/mol. The number of rotatable bonds is 9. The van der Waals surface area contributed by atoms with Crippen molar-refractivity contribution in [3.8, 4) is 23.2 Å². The Balaban J connectivity index is 1.61. The molecular weight excluding hydrogens is 535 g/mol. The van der Waals surface area contributed by atoms with Gasteiger partial charge >= 0.3 is 6.18 Å². The summed E-state index contributed by atoms with van der Waals surface area (Å²) in [6, 6.07) is 12.4. The van der Waals surface area contributed by atoms with Crippen molar-refractivity contribution in [1.29, 1.82) is 5.26 Å². The standard InChI is InChI=1S/C29H32F3N7O2/c1-4-41-27-22(6-5-14-34-27)23-8-10-25(37-36-23)28(35-26(40)11-15-38(2)3)12-16-39(17-13-28)24-9-7-21(29(30,31)32)18-20(24)19-33/h5-10,14,18H,4,11-13,15-17H2,1-3H3,(H,35,40). The fourth-order valence-corrected chi connectivity index (χ4v) is 4.88. The van der Waals surface area contributed by atoms with Crippen LogP contribution >= 0.6 is 0 Å². The first-order valence-corrected chi connectivity index (χ1v) is 13.3. The van der Waals surface area contributed by atoms with Gasteiger partial charge in [-0.15, -0.1) is 5.10 Å². The average Bonchev–Trinajstić information content (AvgIpc) is 2.96. The monoisotopic (exact) mass is 567 g/mol. The van der Waals surface area contributed by atoms with Crippen molar-refractivity contribution in [2.45, 2.75) is 37.9 Å². The second-order valence-electron chi connectivity index (χ2n) is 10.1. The Bertz CT molecular complexity index is 1400. The zero-order chi connectivity index (χ0) is 29.6. The lowest BCUT2D eigenvalue weighted by Gasteiger charge is -2.43. The van der Waals surface area contributed by atoms with E-state index in [9.17, 15) is 23.2 Å². The SMILES string of the molecule is CCOc1ncccc1-c1ccc(C2(NC(=O)CCN(C)C)CCN(c3ccc(C(F)(F)F)cc3C#N)CC2)nn1. The van der Waals surface area contributed by atoms with Crippen LogP contribution in [-0.2, 0) is 16.5 Å². The highest BCUT2D eigenvalue weighted by atomic mass is 19.4. The molecule has 0 saturated carbocycles. The molecule has 1 fully saturated rings. The third-order valence-electron chi connectivity index (χ3n) is 7.05. The second kappa shape index (κ2) is 12.5. The zero-order valence-electron chi connectivity index (χ0n) is 23.2. The van der Waals surface area contributed by atoms with Crippen LogP contribution in [0.4, 0.5) is 18.9 Å². The fourth-order valence-electron chi connectivity index (χ4n) is 4.88. The molecule has 1 aromatic carbocycles. The number of anilines is 1. The first-order chi connectivity index (χ1) is 19.6. The Morgan fingerprint density at radius 3 is 2.54 bits per heavy atom. The van der Waals surface area contributed by atoms with E-state index in [4.69, 9.17) is 4.74 Å². The van der Waals surface area contributed by atoms with Gasteiger partial charge in [-0.05, 0) is 76.3 Å². The van der Waals surface area contributed by atoms with E-state index in [2.05, 4.69) is 20.5 Å². The number of amides is 1. The van der Waals surface area contributed by atoms with Crippen LogP contribution < -0.4 is 15.0 Å². The molecule has 1 aliphatic rings. The number of aromatic nitrogens is 3. The normalized spacial score (nSPS) is 14.9. The summed E-state index contributed by atoms with van der Waals surface area (Å²) >= 11 is 0. The minimum absolute atomic E-state index is 0.0481. The number of nitriles is 1. The number of nitrogens with one attached hydrogen (secondary N) is 1. The van der Waals surface area contributed by atoms with Gasteiger partial charge in [-0.3, -0.25) is 4.79 Å². The summed E-state index contributed by atoms with van der Waals surface area (Å²) in [6.07, 6.45) is -1.79. The van der Waals surface area contributed by atoms with Crippen LogP contribution in [0.3, 0.4) is 0 Å². The molecule has 41 heavy (non-hydrogen) atoms. The number of hydrogen-bond donors (Lipinski definition) is 1. The van der Waals surface area contributed by atoms with E-state index in [0.29, 0.717) is 67.6 Å². The van der Waals surface area contributed by atoms with E-state index in [1.165, 1.54) is 6.07 Å². The van der Waals surface area contributed by atoms with Crippen LogP contribution in [0.2, 0.25) is 0 Å². The molecular formula is C29H32F3N7O2. The summed E-state index contributed by atoms with van der Waals surface area (Å²) in [6.45, 7) is 3.65. The Morgan fingerprint density at radius 1 is 1.17 bits per heavy atom. The quantitative estimate of drug-likeness (QED) is 0.406. The van der Waals surface area contributed by atoms with Crippen molar-refractivity contribution in [1.82, 2.24) is 25.4 Å². The Labute approximate surface area is 237 Å². The lowest BCUT2D eigenvalue weighted by atomic mass is 9.83. The highest BCUT2D eigenvalue weighted by molar-refractivity contribution is 5.77. The first kappa shape index (κ1) is 29.7. The lowest BCUT2D eigenvalue weighted by molar-refractivity contribution is -0.137. The van der Waals surface area contributed by atoms with Gasteiger partial charge in [0.1, 0.15) is 6.07 Å². The van der Waals surface area contributed by atoms with Crippen molar-refractivity contribution >= 4 is 11.6 Å². The molecule has 0 radical (unpaired) electrons. The summed E-state index contributed by atoms with van der Waals surface area (Å²) in [5.41, 5.74) is 0.506. The van der Waals surface area contributed by atoms with Gasteiger partial charge in [0.2, 0.25) is 11.8 Å². The number of ether oxygens (including phenoxy) is 1. The smallest absolute Gasteiger partial charge is 0.416 e. The minimum Gasteiger partial charge on any atom is -0.477 e. The Morgan fingerprint density at radius 2 is 1.93 bits per heavy atom. The zero-order valence-corrected chi connectivity index (χ0v) is 23.2. The van der Waals surface area contributed by atoms with Gasteiger partial charge in [0.15, 0.2) is 0 Å². The van der Waals surface area contributed by atoms with E-state index in [0.717, 1.165) is 12.1 Å². The van der Waals surface area contributed by atoms with E-state index in [1.54, 1.807) is 12.3 Å². The summed E-state index contributed by atoms with van der Waals surface area (Å²) in [5.74, 6) is 0.304. The van der Waals surface area contributed by atoms with Crippen molar-refractivity contribution in [2.75, 3.05) is 45.2 Å². The molecule has 0 spiro atoms. The molecule has 0 unspecified atom stereocenters. The Kier molecular flexibility index (Phi) is 9.08. The third-order valence-corrected chi connectivity index (χ3v) is 7.05. The van der Waals surface area contributed by atoms with Crippen molar-refractivity contribution in [2.24, 2.45) is 0 Å². The van der Waals surface area contributed by atoms with Crippen molar-refractivity contribution < 1.29 is 22.7 Å². The van der Waals surface area contributed by atoms with Gasteiger partial charge in [0.05, 0.1) is 45.9 Å². The van der Waals surface area contributed by atoms with Gasteiger partial charge in [-0.25, -0.2) is 4.98 Å². The molecule has 0 bridgehead atoms. The molecule has 1 amide bonds. The predicted molar refractivity (Wildman–Crippen MR) is 147 cm³/mol. The molecule has 1 saturated heterocycles. The number of pyridine rings is 1. The number of halogens is 3. The molecule has 2 aromatic heterocycles. The van der Waals surface area contributed by atoms with Crippen LogP contribution in [0.1, 0.15) is 43.0 Å². The molecule has 216 valence electrons. The van der Waals surface area contributed by atoms with Crippen LogP contribution in [0.5, 0.6) is 5.88 Å². The largest absolute Gasteiger partial charge is 0.477 e. The topological polar surface area (TPSA) is 107 Å². The second-order valence-corrected chi connectivity index (χ2v) is 10.1. The van der Waals surface area contributed by atoms with Crippen LogP contribution in [0.15, 0.2) is 48.7 Å². The van der Waals surface area contributed by atoms with Gasteiger partial charge in [0.25, 0.3) is 0 Å². The summed E-state index contributed by atoms with van der Waals surface area (Å²) in [7, 11) is 3.77. The third kappa shape index (κ3) is 6.92. The fraction of sp³-hybridized carbons (Fsp3) is 0.414. The van der Waals surface area contributed by atoms with Gasteiger partial charge in [-0.2, -0.15) is 23.5 Å². The maximum absolute atomic E-state index is 13.2. The van der Waals surface area contributed by atoms with Crippen LogP contribution in [-0.4, -0.2) is 66.3 Å². The number of carbonyl (C=O) groups excluding carboxylic acids is 1. The van der Waals surface area contributed by atoms with Gasteiger partial charge in [-0.1, -0.05) is 0 Å². The number of hydrogen-bond acceptors (Lipinski definition) is 8. The number of nitrogens with zero attached hydrogens (tertiary/aromatic N) is 6.